The molecule has 1 aromatic carbocycles. The first-order valence-corrected chi connectivity index (χ1v) is 11.4. The summed E-state index contributed by atoms with van der Waals surface area (Å²) in [4.78, 5) is 26.7. The molecular formula is C21H22ClN3O2S2. The molecule has 1 N–H and O–H groups in total. The third-order valence-electron chi connectivity index (χ3n) is 5.54. The van der Waals surface area contributed by atoms with Gasteiger partial charge in [-0.15, -0.1) is 0 Å². The van der Waals surface area contributed by atoms with Gasteiger partial charge in [-0.05, 0) is 43.0 Å². The lowest BCUT2D eigenvalue weighted by Gasteiger charge is -2.43. The van der Waals surface area contributed by atoms with Crippen LogP contribution in [0, 0.1) is 12.8 Å². The zero-order valence-corrected chi connectivity index (χ0v) is 18.4. The van der Waals surface area contributed by atoms with E-state index < -0.39 is 0 Å². The monoisotopic (exact) mass is 447 g/mol. The molecule has 0 aliphatic carbocycles. The van der Waals surface area contributed by atoms with Crippen molar-refractivity contribution in [1.29, 1.82) is 0 Å². The van der Waals surface area contributed by atoms with E-state index in [1.54, 1.807) is 18.2 Å². The van der Waals surface area contributed by atoms with Gasteiger partial charge in [0.15, 0.2) is 0 Å². The number of piperidine rings is 1. The molecule has 1 saturated heterocycles. The predicted octanol–water partition coefficient (Wildman–Crippen LogP) is 3.89. The molecule has 2 bridgehead atoms. The summed E-state index contributed by atoms with van der Waals surface area (Å²) >= 11 is 13.0. The van der Waals surface area contributed by atoms with E-state index in [1.165, 1.54) is 11.8 Å². The van der Waals surface area contributed by atoms with Crippen LogP contribution in [-0.4, -0.2) is 38.5 Å². The van der Waals surface area contributed by atoms with E-state index in [2.05, 4.69) is 10.2 Å². The quantitative estimate of drug-likeness (QED) is 0.723. The lowest BCUT2D eigenvalue weighted by molar-refractivity contribution is -0.113. The molecule has 3 heterocycles. The van der Waals surface area contributed by atoms with Crippen LogP contribution in [0.15, 0.2) is 41.2 Å². The Labute approximate surface area is 184 Å². The fourth-order valence-corrected chi connectivity index (χ4v) is 5.34. The lowest BCUT2D eigenvalue weighted by atomic mass is 9.83. The number of aryl methyl sites for hydroxylation is 1. The second kappa shape index (κ2) is 8.50. The molecule has 2 aliphatic rings. The highest BCUT2D eigenvalue weighted by Gasteiger charge is 2.35. The van der Waals surface area contributed by atoms with Crippen molar-refractivity contribution >= 4 is 51.5 Å². The van der Waals surface area contributed by atoms with Gasteiger partial charge in [0.25, 0.3) is 5.56 Å². The van der Waals surface area contributed by atoms with Gasteiger partial charge in [0.1, 0.15) is 4.32 Å². The average molecular weight is 448 g/mol. The Hall–Kier alpha value is -1.83. The summed E-state index contributed by atoms with van der Waals surface area (Å²) in [7, 11) is 0. The first kappa shape index (κ1) is 20.4. The van der Waals surface area contributed by atoms with E-state index in [0.717, 1.165) is 47.3 Å². The number of carbonyl (C=O) groups excluding carboxylic acids is 1. The molecule has 0 saturated carbocycles. The number of benzene rings is 1. The van der Waals surface area contributed by atoms with Gasteiger partial charge in [-0.25, -0.2) is 0 Å². The minimum absolute atomic E-state index is 0.0792. The summed E-state index contributed by atoms with van der Waals surface area (Å²) in [6.07, 6.45) is 1.09. The molecule has 29 heavy (non-hydrogen) atoms. The summed E-state index contributed by atoms with van der Waals surface area (Å²) in [5, 5.41) is 3.50. The van der Waals surface area contributed by atoms with Crippen LogP contribution in [0.4, 0.5) is 5.69 Å². The highest BCUT2D eigenvalue weighted by Crippen LogP contribution is 2.36. The Morgan fingerprint density at radius 3 is 2.93 bits per heavy atom. The zero-order valence-electron chi connectivity index (χ0n) is 16.1. The lowest BCUT2D eigenvalue weighted by Crippen LogP contribution is -2.48. The molecular weight excluding hydrogens is 426 g/mol. The highest BCUT2D eigenvalue weighted by atomic mass is 35.5. The normalized spacial score (nSPS) is 20.1. The Kier molecular flexibility index (Phi) is 5.99. The van der Waals surface area contributed by atoms with Gasteiger partial charge in [-0.1, -0.05) is 47.7 Å². The second-order valence-electron chi connectivity index (χ2n) is 7.67. The third kappa shape index (κ3) is 4.52. The number of fused-ring (bicyclic) bond motifs is 4. The van der Waals surface area contributed by atoms with Crippen LogP contribution < -0.4 is 10.9 Å². The Morgan fingerprint density at radius 1 is 1.28 bits per heavy atom. The van der Waals surface area contributed by atoms with E-state index >= 15 is 0 Å². The number of thioether (sulfide) groups is 1. The first-order chi connectivity index (χ1) is 13.9. The van der Waals surface area contributed by atoms with Crippen LogP contribution in [0.3, 0.4) is 0 Å². The number of pyridine rings is 1. The number of aromatic nitrogens is 1. The standard InChI is InChI=1S/C21H22ClN3O2S2/c1-13-5-6-16(22)8-17(13)23-19(26)12-29-21(28)24-9-14-7-15(11-24)18-3-2-4-20(27)25(18)10-14/h2-6,8,14-15H,7,9-12H2,1H3,(H,23,26)/t14-,15+/m1/s1. The fourth-order valence-electron chi connectivity index (χ4n) is 4.18. The van der Waals surface area contributed by atoms with Gasteiger partial charge >= 0.3 is 0 Å². The van der Waals surface area contributed by atoms with Gasteiger partial charge < -0.3 is 14.8 Å². The van der Waals surface area contributed by atoms with Gasteiger partial charge in [-0.3, -0.25) is 9.59 Å². The smallest absolute Gasteiger partial charge is 0.250 e. The van der Waals surface area contributed by atoms with Crippen LogP contribution in [0.2, 0.25) is 5.02 Å². The molecule has 1 fully saturated rings. The molecule has 2 aromatic rings. The van der Waals surface area contributed by atoms with E-state index in [1.807, 2.05) is 29.7 Å². The van der Waals surface area contributed by atoms with Crippen molar-refractivity contribution in [1.82, 2.24) is 9.47 Å². The number of nitrogens with one attached hydrogen (secondary N) is 1. The number of likely N-dealkylation sites (tertiary alicyclic amines) is 1. The maximum Gasteiger partial charge on any atom is 0.250 e. The number of carbonyl (C=O) groups is 1. The van der Waals surface area contributed by atoms with Crippen molar-refractivity contribution in [2.45, 2.75) is 25.8 Å². The Morgan fingerprint density at radius 2 is 2.10 bits per heavy atom. The summed E-state index contributed by atoms with van der Waals surface area (Å²) in [5.41, 5.74) is 2.87. The molecule has 0 unspecified atom stereocenters. The van der Waals surface area contributed by atoms with Gasteiger partial charge in [0.05, 0.1) is 5.75 Å². The van der Waals surface area contributed by atoms with E-state index in [-0.39, 0.29) is 17.2 Å². The topological polar surface area (TPSA) is 54.3 Å². The first-order valence-electron chi connectivity index (χ1n) is 9.58. The number of thiocarbonyl (C=S) groups is 1. The fraction of sp³-hybridized carbons (Fsp3) is 0.381. The third-order valence-corrected chi connectivity index (χ3v) is 7.30. The molecule has 4 rings (SSSR count). The van der Waals surface area contributed by atoms with Crippen molar-refractivity contribution < 1.29 is 4.79 Å². The number of rotatable bonds is 3. The molecule has 1 amide bonds. The van der Waals surface area contributed by atoms with Crippen molar-refractivity contribution in [3.05, 3.63) is 63.0 Å². The van der Waals surface area contributed by atoms with Gasteiger partial charge in [-0.2, -0.15) is 0 Å². The maximum absolute atomic E-state index is 12.4. The number of halogens is 1. The van der Waals surface area contributed by atoms with Crippen LogP contribution in [-0.2, 0) is 11.3 Å². The van der Waals surface area contributed by atoms with E-state index in [0.29, 0.717) is 16.9 Å². The van der Waals surface area contributed by atoms with Crippen molar-refractivity contribution in [3.63, 3.8) is 0 Å². The predicted molar refractivity (Wildman–Crippen MR) is 123 cm³/mol. The van der Waals surface area contributed by atoms with Crippen LogP contribution in [0.1, 0.15) is 23.6 Å². The van der Waals surface area contributed by atoms with Crippen LogP contribution >= 0.6 is 35.6 Å². The molecule has 0 radical (unpaired) electrons. The minimum Gasteiger partial charge on any atom is -0.356 e. The second-order valence-corrected chi connectivity index (χ2v) is 9.71. The number of hydrogen-bond acceptors (Lipinski definition) is 4. The van der Waals surface area contributed by atoms with Crippen LogP contribution in [0.25, 0.3) is 0 Å². The molecule has 2 atom stereocenters. The maximum atomic E-state index is 12.4. The summed E-state index contributed by atoms with van der Waals surface area (Å²) in [5.74, 6) is 0.865. The zero-order chi connectivity index (χ0) is 20.5. The largest absolute Gasteiger partial charge is 0.356 e. The van der Waals surface area contributed by atoms with Crippen molar-refractivity contribution in [3.8, 4) is 0 Å². The average Bonchev–Trinajstić information content (AvgIpc) is 2.69. The van der Waals surface area contributed by atoms with Gasteiger partial charge in [0.2, 0.25) is 5.91 Å². The highest BCUT2D eigenvalue weighted by molar-refractivity contribution is 8.23. The molecule has 0 spiro atoms. The summed E-state index contributed by atoms with van der Waals surface area (Å²) in [6, 6.07) is 10.9. The van der Waals surface area contributed by atoms with E-state index in [9.17, 15) is 9.59 Å². The van der Waals surface area contributed by atoms with E-state index in [4.69, 9.17) is 23.8 Å². The molecule has 2 aliphatic heterocycles. The number of amides is 1. The molecule has 152 valence electrons. The number of anilines is 1. The summed E-state index contributed by atoms with van der Waals surface area (Å²) in [6.45, 7) is 4.29. The summed E-state index contributed by atoms with van der Waals surface area (Å²) < 4.78 is 2.65. The van der Waals surface area contributed by atoms with Crippen molar-refractivity contribution in [2.24, 2.45) is 5.92 Å². The molecule has 5 nitrogen and oxygen atoms in total. The van der Waals surface area contributed by atoms with Gasteiger partial charge in [0, 0.05) is 48.0 Å². The molecule has 8 heteroatoms. The number of hydrogen-bond donors (Lipinski definition) is 1. The minimum atomic E-state index is -0.100. The van der Waals surface area contributed by atoms with Crippen molar-refractivity contribution in [2.75, 3.05) is 24.2 Å². The Bertz CT molecular complexity index is 1020. The SMILES string of the molecule is Cc1ccc(Cl)cc1NC(=O)CSC(=S)N1C[C@H]2C[C@@H](C1)c1cccc(=O)n1C2. The Balaban J connectivity index is 1.36. The number of nitrogens with zero attached hydrogens (tertiary/aromatic N) is 2. The van der Waals surface area contributed by atoms with Crippen LogP contribution in [0.5, 0.6) is 0 Å². The molecule has 1 aromatic heterocycles.